The molecule has 0 bridgehead atoms. The predicted molar refractivity (Wildman–Crippen MR) is 78.4 cm³/mol. The van der Waals surface area contributed by atoms with Crippen molar-refractivity contribution in [2.24, 2.45) is 0 Å². The maximum absolute atomic E-state index is 6.11. The highest BCUT2D eigenvalue weighted by Gasteiger charge is 2.11. The molecule has 0 aliphatic heterocycles. The van der Waals surface area contributed by atoms with E-state index in [9.17, 15) is 0 Å². The lowest BCUT2D eigenvalue weighted by atomic mass is 10.4. The second-order valence-electron chi connectivity index (χ2n) is 4.22. The van der Waals surface area contributed by atoms with Crippen LogP contribution in [0.2, 0.25) is 0 Å². The minimum Gasteiger partial charge on any atom is -0.393 e. The van der Waals surface area contributed by atoms with E-state index in [0.29, 0.717) is 17.3 Å². The third kappa shape index (κ3) is 2.21. The van der Waals surface area contributed by atoms with Crippen molar-refractivity contribution in [1.82, 2.24) is 24.5 Å². The van der Waals surface area contributed by atoms with Crippen molar-refractivity contribution in [3.8, 4) is 5.82 Å². The first kappa shape index (κ1) is 12.5. The first-order chi connectivity index (χ1) is 9.65. The van der Waals surface area contributed by atoms with Crippen molar-refractivity contribution in [2.45, 2.75) is 13.8 Å². The molecule has 0 amide bonds. The second-order valence-corrected chi connectivity index (χ2v) is 5.42. The molecule has 0 aliphatic carbocycles. The maximum Gasteiger partial charge on any atom is 0.188 e. The fourth-order valence-corrected chi connectivity index (χ4v) is 2.52. The highest BCUT2D eigenvalue weighted by atomic mass is 32.1. The highest BCUT2D eigenvalue weighted by Crippen LogP contribution is 2.28. The smallest absolute Gasteiger partial charge is 0.188 e. The lowest BCUT2D eigenvalue weighted by Gasteiger charge is -2.09. The van der Waals surface area contributed by atoms with Gasteiger partial charge in [0.25, 0.3) is 0 Å². The Hall–Kier alpha value is -2.48. The number of imidazole rings is 1. The van der Waals surface area contributed by atoms with E-state index in [-0.39, 0.29) is 0 Å². The van der Waals surface area contributed by atoms with Gasteiger partial charge < -0.3 is 11.1 Å². The monoisotopic (exact) mass is 287 g/mol. The van der Waals surface area contributed by atoms with E-state index < -0.39 is 0 Å². The summed E-state index contributed by atoms with van der Waals surface area (Å²) in [4.78, 5) is 17.9. The van der Waals surface area contributed by atoms with Crippen LogP contribution in [0.3, 0.4) is 0 Å². The lowest BCUT2D eigenvalue weighted by Crippen LogP contribution is -2.06. The van der Waals surface area contributed by atoms with Gasteiger partial charge >= 0.3 is 0 Å². The molecule has 8 heteroatoms. The maximum atomic E-state index is 6.11. The first-order valence-corrected chi connectivity index (χ1v) is 6.76. The van der Waals surface area contributed by atoms with Gasteiger partial charge in [0.15, 0.2) is 16.8 Å². The van der Waals surface area contributed by atoms with Gasteiger partial charge in [0.2, 0.25) is 0 Å². The van der Waals surface area contributed by atoms with E-state index in [1.807, 2.05) is 13.8 Å². The predicted octanol–water partition coefficient (Wildman–Crippen LogP) is 2.06. The van der Waals surface area contributed by atoms with Crippen molar-refractivity contribution >= 4 is 28.0 Å². The molecule has 7 nitrogen and oxygen atoms in total. The molecule has 0 radical (unpaired) electrons. The number of aryl methyl sites for hydroxylation is 2. The van der Waals surface area contributed by atoms with E-state index in [1.165, 1.54) is 6.33 Å². The van der Waals surface area contributed by atoms with Gasteiger partial charge in [0.05, 0.1) is 5.69 Å². The van der Waals surface area contributed by atoms with Gasteiger partial charge in [0, 0.05) is 17.3 Å². The molecule has 0 aliphatic rings. The van der Waals surface area contributed by atoms with Crippen molar-refractivity contribution in [3.05, 3.63) is 35.6 Å². The Bertz CT molecular complexity index is 713. The van der Waals surface area contributed by atoms with Crippen LogP contribution < -0.4 is 11.1 Å². The fourth-order valence-electron chi connectivity index (χ4n) is 1.70. The number of hydrogen-bond donors (Lipinski definition) is 2. The van der Waals surface area contributed by atoms with Gasteiger partial charge in [-0.05, 0) is 13.8 Å². The molecule has 3 rings (SSSR count). The van der Waals surface area contributed by atoms with Crippen LogP contribution >= 0.6 is 11.3 Å². The Balaban J connectivity index is 1.96. The molecule has 0 saturated carbocycles. The quantitative estimate of drug-likeness (QED) is 0.765. The number of nitrogens with two attached hydrogens (primary N) is 1. The van der Waals surface area contributed by atoms with Crippen molar-refractivity contribution in [3.63, 3.8) is 0 Å². The molecule has 3 N–H and O–H groups in total. The Kier molecular flexibility index (Phi) is 3.07. The summed E-state index contributed by atoms with van der Waals surface area (Å²) in [5.41, 5.74) is 7.56. The third-order valence-electron chi connectivity index (χ3n) is 2.87. The SMILES string of the molecule is Cc1nc(Nc2ncnc(-n3ccnc3)c2N)sc1C. The number of thiazole rings is 1. The zero-order chi connectivity index (χ0) is 14.1. The number of nitrogen functional groups attached to an aromatic ring is 1. The second kappa shape index (κ2) is 4.89. The summed E-state index contributed by atoms with van der Waals surface area (Å²) in [6, 6.07) is 0. The molecular formula is C12H13N7S. The van der Waals surface area contributed by atoms with Gasteiger partial charge in [-0.1, -0.05) is 0 Å². The van der Waals surface area contributed by atoms with Crippen LogP contribution in [0.1, 0.15) is 10.6 Å². The zero-order valence-corrected chi connectivity index (χ0v) is 11.8. The van der Waals surface area contributed by atoms with E-state index in [2.05, 4.69) is 25.3 Å². The number of hydrogen-bond acceptors (Lipinski definition) is 7. The molecule has 0 saturated heterocycles. The lowest BCUT2D eigenvalue weighted by molar-refractivity contribution is 0.977. The summed E-state index contributed by atoms with van der Waals surface area (Å²) in [6.07, 6.45) is 6.55. The minimum absolute atomic E-state index is 0.455. The van der Waals surface area contributed by atoms with Crippen LogP contribution in [0, 0.1) is 13.8 Å². The van der Waals surface area contributed by atoms with Crippen LogP contribution in [0.25, 0.3) is 5.82 Å². The van der Waals surface area contributed by atoms with Crippen LogP contribution in [0.5, 0.6) is 0 Å². The van der Waals surface area contributed by atoms with E-state index in [4.69, 9.17) is 5.73 Å². The highest BCUT2D eigenvalue weighted by molar-refractivity contribution is 7.15. The molecular weight excluding hydrogens is 274 g/mol. The Morgan fingerprint density at radius 2 is 2.15 bits per heavy atom. The van der Waals surface area contributed by atoms with Gasteiger partial charge in [-0.2, -0.15) is 0 Å². The van der Waals surface area contributed by atoms with Gasteiger partial charge in [0.1, 0.15) is 18.3 Å². The van der Waals surface area contributed by atoms with E-state index >= 15 is 0 Å². The van der Waals surface area contributed by atoms with E-state index in [1.54, 1.807) is 34.6 Å². The average molecular weight is 287 g/mol. The number of nitrogens with one attached hydrogen (secondary N) is 1. The Labute approximate surface area is 119 Å². The number of nitrogens with zero attached hydrogens (tertiary/aromatic N) is 5. The van der Waals surface area contributed by atoms with Crippen molar-refractivity contribution in [2.75, 3.05) is 11.1 Å². The van der Waals surface area contributed by atoms with Gasteiger partial charge in [-0.15, -0.1) is 11.3 Å². The summed E-state index contributed by atoms with van der Waals surface area (Å²) < 4.78 is 1.74. The molecule has 0 unspecified atom stereocenters. The number of aromatic nitrogens is 5. The first-order valence-electron chi connectivity index (χ1n) is 5.95. The van der Waals surface area contributed by atoms with Crippen molar-refractivity contribution < 1.29 is 0 Å². The Morgan fingerprint density at radius 1 is 1.30 bits per heavy atom. The zero-order valence-electron chi connectivity index (χ0n) is 11.0. The minimum atomic E-state index is 0.455. The molecule has 0 spiro atoms. The van der Waals surface area contributed by atoms with Gasteiger partial charge in [-0.25, -0.2) is 19.9 Å². The van der Waals surface area contributed by atoms with Crippen LogP contribution in [0.15, 0.2) is 25.0 Å². The molecule has 3 aromatic heterocycles. The van der Waals surface area contributed by atoms with Crippen molar-refractivity contribution in [1.29, 1.82) is 0 Å². The molecule has 3 aromatic rings. The Morgan fingerprint density at radius 3 is 2.80 bits per heavy atom. The summed E-state index contributed by atoms with van der Waals surface area (Å²) in [5, 5.41) is 3.90. The van der Waals surface area contributed by atoms with Crippen LogP contribution in [-0.4, -0.2) is 24.5 Å². The molecule has 0 fully saturated rings. The average Bonchev–Trinajstić information content (AvgIpc) is 3.03. The molecule has 20 heavy (non-hydrogen) atoms. The summed E-state index contributed by atoms with van der Waals surface area (Å²) in [5.74, 6) is 1.13. The standard InChI is InChI=1S/C12H13N7S/c1-7-8(2)20-12(17-7)18-10-9(13)11(16-5-15-10)19-4-3-14-6-19/h3-6H,13H2,1-2H3,(H,15,16,17,18). The fraction of sp³-hybridized carbons (Fsp3) is 0.167. The number of rotatable bonds is 3. The van der Waals surface area contributed by atoms with E-state index in [0.717, 1.165) is 15.7 Å². The number of anilines is 3. The molecule has 0 atom stereocenters. The molecule has 3 heterocycles. The van der Waals surface area contributed by atoms with Crippen LogP contribution in [-0.2, 0) is 0 Å². The summed E-state index contributed by atoms with van der Waals surface area (Å²) in [6.45, 7) is 4.00. The summed E-state index contributed by atoms with van der Waals surface area (Å²) in [7, 11) is 0. The van der Waals surface area contributed by atoms with Crippen LogP contribution in [0.4, 0.5) is 16.6 Å². The third-order valence-corrected chi connectivity index (χ3v) is 3.85. The normalized spacial score (nSPS) is 10.7. The summed E-state index contributed by atoms with van der Waals surface area (Å²) >= 11 is 1.56. The molecule has 0 aromatic carbocycles. The molecule has 102 valence electrons. The largest absolute Gasteiger partial charge is 0.393 e. The topological polar surface area (TPSA) is 94.5 Å². The van der Waals surface area contributed by atoms with Gasteiger partial charge in [-0.3, -0.25) is 4.57 Å².